The zero-order valence-electron chi connectivity index (χ0n) is 14.7. The fourth-order valence-electron chi connectivity index (χ4n) is 2.82. The smallest absolute Gasteiger partial charge is 0.306 e. The van der Waals surface area contributed by atoms with Crippen LogP contribution in [0, 0.1) is 0 Å². The molecule has 2 heterocycles. The zero-order chi connectivity index (χ0) is 20.1. The van der Waals surface area contributed by atoms with Crippen molar-refractivity contribution in [2.45, 2.75) is 0 Å². The summed E-state index contributed by atoms with van der Waals surface area (Å²) in [6.07, 6.45) is 2.56. The molecule has 0 aliphatic heterocycles. The molecule has 0 unspecified atom stereocenters. The van der Waals surface area contributed by atoms with Gasteiger partial charge in [-0.25, -0.2) is 9.38 Å². The molecule has 4 aromatic rings. The highest BCUT2D eigenvalue weighted by Gasteiger charge is 2.17. The summed E-state index contributed by atoms with van der Waals surface area (Å²) in [6.45, 7) is 0. The molecule has 0 spiro atoms. The molecule has 4 rings (SSSR count). The van der Waals surface area contributed by atoms with Crippen LogP contribution >= 0.6 is 22.9 Å². The summed E-state index contributed by atoms with van der Waals surface area (Å²) in [4.78, 5) is 17.9. The lowest BCUT2D eigenvalue weighted by Crippen LogP contribution is -2.22. The van der Waals surface area contributed by atoms with Crippen LogP contribution in [0.4, 0.5) is 0 Å². The van der Waals surface area contributed by atoms with Crippen molar-refractivity contribution in [2.75, 3.05) is 13.4 Å². The van der Waals surface area contributed by atoms with Crippen LogP contribution in [0.25, 0.3) is 22.1 Å². The third-order valence-corrected chi connectivity index (χ3v) is 5.65. The number of thiazole rings is 1. The first-order valence-electron chi connectivity index (χ1n) is 7.95. The van der Waals surface area contributed by atoms with Crippen LogP contribution in [-0.2, 0) is 10.1 Å². The first kappa shape index (κ1) is 18.7. The Kier molecular flexibility index (Phi) is 4.53. The van der Waals surface area contributed by atoms with E-state index in [-0.39, 0.29) is 22.1 Å². The van der Waals surface area contributed by atoms with Crippen LogP contribution in [0.3, 0.4) is 0 Å². The number of para-hydroxylation sites is 2. The van der Waals surface area contributed by atoms with Gasteiger partial charge in [0.15, 0.2) is 10.7 Å². The molecule has 0 amide bonds. The van der Waals surface area contributed by atoms with Crippen molar-refractivity contribution in [1.29, 1.82) is 0 Å². The molecule has 0 radical (unpaired) electrons. The summed E-state index contributed by atoms with van der Waals surface area (Å²) >= 11 is 7.43. The monoisotopic (exact) mass is 436 g/mol. The van der Waals surface area contributed by atoms with Crippen molar-refractivity contribution in [2.24, 2.45) is 0 Å². The van der Waals surface area contributed by atoms with E-state index in [4.69, 9.17) is 20.5 Å². The summed E-state index contributed by atoms with van der Waals surface area (Å²) in [5, 5.41) is 0.0512. The summed E-state index contributed by atoms with van der Waals surface area (Å²) in [7, 11) is -2.41. The van der Waals surface area contributed by atoms with E-state index in [0.717, 1.165) is 17.3 Å². The Bertz CT molecular complexity index is 1440. The summed E-state index contributed by atoms with van der Waals surface area (Å²) in [5.74, 6) is 0.0431. The molecule has 0 N–H and O–H groups in total. The molecule has 0 aliphatic rings. The fourth-order valence-corrected chi connectivity index (χ4v) is 4.58. The molecule has 10 heteroatoms. The number of halogens is 1. The maximum absolute atomic E-state index is 12.8. The Morgan fingerprint density at radius 1 is 1.25 bits per heavy atom. The van der Waals surface area contributed by atoms with Gasteiger partial charge in [-0.1, -0.05) is 35.1 Å². The minimum absolute atomic E-state index is 0.0512. The van der Waals surface area contributed by atoms with E-state index in [1.165, 1.54) is 24.5 Å². The molecule has 7 nitrogen and oxygen atoms in total. The number of ether oxygens (including phenoxy) is 1. The Morgan fingerprint density at radius 2 is 2.00 bits per heavy atom. The minimum atomic E-state index is -3.78. The summed E-state index contributed by atoms with van der Waals surface area (Å²) in [5.41, 5.74) is 1.86. The predicted molar refractivity (Wildman–Crippen MR) is 109 cm³/mol. The van der Waals surface area contributed by atoms with Gasteiger partial charge in [-0.2, -0.15) is 8.42 Å². The van der Waals surface area contributed by atoms with Crippen LogP contribution in [0.15, 0.2) is 41.2 Å². The van der Waals surface area contributed by atoms with Crippen molar-refractivity contribution in [3.05, 3.63) is 61.9 Å². The second kappa shape index (κ2) is 6.77. The summed E-state index contributed by atoms with van der Waals surface area (Å²) < 4.78 is 35.0. The van der Waals surface area contributed by atoms with E-state index in [1.807, 2.05) is 24.3 Å². The Labute approximate surface area is 168 Å². The highest BCUT2D eigenvalue weighted by atomic mass is 35.5. The molecular weight excluding hydrogens is 424 g/mol. The van der Waals surface area contributed by atoms with E-state index in [1.54, 1.807) is 16.5 Å². The van der Waals surface area contributed by atoms with Crippen LogP contribution in [-0.4, -0.2) is 31.2 Å². The average Bonchev–Trinajstić information content (AvgIpc) is 3.13. The van der Waals surface area contributed by atoms with E-state index in [9.17, 15) is 13.2 Å². The number of benzene rings is 2. The van der Waals surface area contributed by atoms with Crippen LogP contribution in [0.2, 0.25) is 5.02 Å². The number of methoxy groups -OCH3 is 1. The van der Waals surface area contributed by atoms with E-state index in [2.05, 4.69) is 4.98 Å². The van der Waals surface area contributed by atoms with Gasteiger partial charge < -0.3 is 8.92 Å². The van der Waals surface area contributed by atoms with E-state index in [0.29, 0.717) is 15.1 Å². The fraction of sp³-hybridized carbons (Fsp3) is 0.111. The Hall–Kier alpha value is -2.62. The highest BCUT2D eigenvalue weighted by molar-refractivity contribution is 7.86. The molecule has 0 fully saturated rings. The van der Waals surface area contributed by atoms with Gasteiger partial charge >= 0.3 is 10.1 Å². The van der Waals surface area contributed by atoms with Crippen molar-refractivity contribution >= 4 is 55.1 Å². The van der Waals surface area contributed by atoms with Gasteiger partial charge in [-0.3, -0.25) is 4.79 Å². The quantitative estimate of drug-likeness (QED) is 0.457. The second-order valence-electron chi connectivity index (χ2n) is 5.96. The largest absolute Gasteiger partial charge is 0.493 e. The van der Waals surface area contributed by atoms with E-state index < -0.39 is 10.1 Å². The maximum atomic E-state index is 12.8. The standard InChI is InChI=1S/C18H13ClN2O5S2/c1-25-14-8-10(7-11(19)16(14)26-28(2,23)24)9-15-17(22)21-13-6-4-3-5-12(13)20-18(21)27-15/h3-9H,1-2H3. The van der Waals surface area contributed by atoms with Gasteiger partial charge in [-0.15, -0.1) is 0 Å². The van der Waals surface area contributed by atoms with Crippen molar-refractivity contribution < 1.29 is 17.3 Å². The lowest BCUT2D eigenvalue weighted by Gasteiger charge is -2.11. The molecule has 0 saturated carbocycles. The topological polar surface area (TPSA) is 87.0 Å². The second-order valence-corrected chi connectivity index (χ2v) is 8.95. The first-order valence-corrected chi connectivity index (χ1v) is 11.0. The molecule has 0 bridgehead atoms. The predicted octanol–water partition coefficient (Wildman–Crippen LogP) is 2.46. The van der Waals surface area contributed by atoms with Gasteiger partial charge in [0.2, 0.25) is 5.75 Å². The normalized spacial score (nSPS) is 12.8. The maximum Gasteiger partial charge on any atom is 0.306 e. The molecule has 0 atom stereocenters. The zero-order valence-corrected chi connectivity index (χ0v) is 17.1. The molecular formula is C18H13ClN2O5S2. The molecule has 2 aromatic heterocycles. The van der Waals surface area contributed by atoms with Gasteiger partial charge in [0.25, 0.3) is 5.56 Å². The van der Waals surface area contributed by atoms with Crippen molar-refractivity contribution in [1.82, 2.24) is 9.38 Å². The number of hydrogen-bond donors (Lipinski definition) is 0. The number of aromatic nitrogens is 2. The molecule has 28 heavy (non-hydrogen) atoms. The third kappa shape index (κ3) is 3.32. The van der Waals surface area contributed by atoms with Gasteiger partial charge in [0.1, 0.15) is 0 Å². The number of hydrogen-bond acceptors (Lipinski definition) is 7. The average molecular weight is 437 g/mol. The lowest BCUT2D eigenvalue weighted by atomic mass is 10.2. The highest BCUT2D eigenvalue weighted by Crippen LogP contribution is 2.37. The van der Waals surface area contributed by atoms with Crippen molar-refractivity contribution in [3.63, 3.8) is 0 Å². The minimum Gasteiger partial charge on any atom is -0.493 e. The van der Waals surface area contributed by atoms with Gasteiger partial charge in [0.05, 0.1) is 34.0 Å². The number of nitrogens with zero attached hydrogens (tertiary/aromatic N) is 2. The lowest BCUT2D eigenvalue weighted by molar-refractivity contribution is 0.391. The first-order chi connectivity index (χ1) is 13.3. The molecule has 2 aromatic carbocycles. The van der Waals surface area contributed by atoms with Crippen LogP contribution in [0.5, 0.6) is 11.5 Å². The Balaban J connectivity index is 1.88. The summed E-state index contributed by atoms with van der Waals surface area (Å²) in [6, 6.07) is 10.5. The molecule has 0 saturated heterocycles. The third-order valence-electron chi connectivity index (χ3n) is 3.93. The van der Waals surface area contributed by atoms with Crippen LogP contribution in [0.1, 0.15) is 5.56 Å². The molecule has 0 aliphatic carbocycles. The van der Waals surface area contributed by atoms with Gasteiger partial charge in [0, 0.05) is 0 Å². The van der Waals surface area contributed by atoms with Crippen LogP contribution < -0.4 is 19.0 Å². The number of imidazole rings is 1. The number of rotatable bonds is 4. The Morgan fingerprint density at radius 3 is 2.71 bits per heavy atom. The SMILES string of the molecule is COc1cc(C=c2sc3nc4ccccc4n3c2=O)cc(Cl)c1OS(C)(=O)=O. The van der Waals surface area contributed by atoms with Crippen molar-refractivity contribution in [3.8, 4) is 11.5 Å². The number of fused-ring (bicyclic) bond motifs is 3. The van der Waals surface area contributed by atoms with E-state index >= 15 is 0 Å². The molecule has 144 valence electrons. The van der Waals surface area contributed by atoms with Gasteiger partial charge in [-0.05, 0) is 35.9 Å².